The summed E-state index contributed by atoms with van der Waals surface area (Å²) in [5.41, 5.74) is 7.18. The molecule has 1 aliphatic carbocycles. The van der Waals surface area contributed by atoms with Gasteiger partial charge in [-0.25, -0.2) is 9.67 Å². The van der Waals surface area contributed by atoms with E-state index in [1.54, 1.807) is 6.33 Å². The van der Waals surface area contributed by atoms with Crippen LogP contribution in [0.1, 0.15) is 42.8 Å². The van der Waals surface area contributed by atoms with Crippen LogP contribution in [-0.4, -0.2) is 19.9 Å². The van der Waals surface area contributed by atoms with Crippen LogP contribution in [0.15, 0.2) is 30.6 Å². The fourth-order valence-corrected chi connectivity index (χ4v) is 3.08. The van der Waals surface area contributed by atoms with Gasteiger partial charge in [0.15, 0.2) is 0 Å². The van der Waals surface area contributed by atoms with Gasteiger partial charge in [-0.1, -0.05) is 31.2 Å². The van der Waals surface area contributed by atoms with Crippen molar-refractivity contribution in [3.8, 4) is 0 Å². The zero-order valence-corrected chi connectivity index (χ0v) is 11.7. The third-order valence-corrected chi connectivity index (χ3v) is 4.00. The van der Waals surface area contributed by atoms with E-state index in [1.165, 1.54) is 0 Å². The van der Waals surface area contributed by atoms with Crippen molar-refractivity contribution in [1.82, 2.24) is 14.8 Å². The topological polar surface area (TPSA) is 77.0 Å². The van der Waals surface area contributed by atoms with Gasteiger partial charge < -0.3 is 10.8 Å². The lowest BCUT2D eigenvalue weighted by atomic mass is 9.92. The molecular formula is C15H20N4O. The Labute approximate surface area is 118 Å². The minimum absolute atomic E-state index is 0.112. The highest BCUT2D eigenvalue weighted by Gasteiger charge is 2.41. The van der Waals surface area contributed by atoms with Crippen LogP contribution in [0, 0.1) is 0 Å². The summed E-state index contributed by atoms with van der Waals surface area (Å²) in [7, 11) is 0. The summed E-state index contributed by atoms with van der Waals surface area (Å²) in [6, 6.07) is 7.75. The van der Waals surface area contributed by atoms with Crippen molar-refractivity contribution in [3.05, 3.63) is 47.5 Å². The summed E-state index contributed by atoms with van der Waals surface area (Å²) in [5, 5.41) is 15.2. The van der Waals surface area contributed by atoms with Gasteiger partial charge in [-0.05, 0) is 17.5 Å². The van der Waals surface area contributed by atoms with Crippen molar-refractivity contribution >= 4 is 0 Å². The molecule has 1 aromatic carbocycles. The number of nitrogens with zero attached hydrogens (tertiary/aromatic N) is 3. The Bertz CT molecular complexity index is 609. The van der Waals surface area contributed by atoms with E-state index in [0.29, 0.717) is 12.8 Å². The average molecular weight is 272 g/mol. The molecule has 1 aromatic heterocycles. The Morgan fingerprint density at radius 2 is 2.25 bits per heavy atom. The van der Waals surface area contributed by atoms with Crippen LogP contribution in [0.25, 0.3) is 0 Å². The highest BCUT2D eigenvalue weighted by atomic mass is 16.3. The van der Waals surface area contributed by atoms with Gasteiger partial charge in [-0.2, -0.15) is 5.10 Å². The summed E-state index contributed by atoms with van der Waals surface area (Å²) in [6.07, 6.45) is 3.53. The molecule has 0 amide bonds. The molecule has 1 aliphatic rings. The highest BCUT2D eigenvalue weighted by molar-refractivity contribution is 5.40. The summed E-state index contributed by atoms with van der Waals surface area (Å²) in [5.74, 6) is 0.818. The molecule has 0 saturated heterocycles. The minimum Gasteiger partial charge on any atom is -0.385 e. The van der Waals surface area contributed by atoms with E-state index in [1.807, 2.05) is 28.9 Å². The maximum atomic E-state index is 11.0. The first-order valence-corrected chi connectivity index (χ1v) is 7.08. The summed E-state index contributed by atoms with van der Waals surface area (Å²) in [6.45, 7) is 2.92. The Kier molecular flexibility index (Phi) is 3.31. The van der Waals surface area contributed by atoms with Crippen LogP contribution in [0.4, 0.5) is 0 Å². The lowest BCUT2D eigenvalue weighted by molar-refractivity contribution is 0.0310. The molecule has 3 N–H and O–H groups in total. The van der Waals surface area contributed by atoms with E-state index in [9.17, 15) is 5.11 Å². The Morgan fingerprint density at radius 3 is 3.05 bits per heavy atom. The van der Waals surface area contributed by atoms with E-state index in [2.05, 4.69) is 17.0 Å². The number of rotatable bonds is 4. The summed E-state index contributed by atoms with van der Waals surface area (Å²) < 4.78 is 1.87. The molecule has 0 aliphatic heterocycles. The van der Waals surface area contributed by atoms with Crippen molar-refractivity contribution < 1.29 is 5.11 Å². The maximum absolute atomic E-state index is 11.0. The van der Waals surface area contributed by atoms with E-state index in [-0.39, 0.29) is 6.04 Å². The first-order valence-electron chi connectivity index (χ1n) is 7.08. The highest BCUT2D eigenvalue weighted by Crippen LogP contribution is 2.43. The van der Waals surface area contributed by atoms with Crippen LogP contribution in [-0.2, 0) is 18.6 Å². The van der Waals surface area contributed by atoms with Gasteiger partial charge in [0.05, 0.1) is 5.60 Å². The lowest BCUT2D eigenvalue weighted by Crippen LogP contribution is -2.28. The fourth-order valence-electron chi connectivity index (χ4n) is 3.08. The normalized spacial score (nSPS) is 24.9. The Balaban J connectivity index is 1.92. The maximum Gasteiger partial charge on any atom is 0.138 e. The van der Waals surface area contributed by atoms with Crippen molar-refractivity contribution in [2.24, 2.45) is 5.73 Å². The second-order valence-electron chi connectivity index (χ2n) is 5.51. The number of aliphatic hydroxyl groups is 1. The Hall–Kier alpha value is -1.72. The lowest BCUT2D eigenvalue weighted by Gasteiger charge is -2.23. The SMILES string of the molecule is CCCn1ncnc1CC1(O)CC(N)c2ccccc21. The van der Waals surface area contributed by atoms with Crippen LogP contribution in [0.5, 0.6) is 0 Å². The molecule has 0 radical (unpaired) electrons. The Morgan fingerprint density at radius 1 is 1.45 bits per heavy atom. The predicted octanol–water partition coefficient (Wildman–Crippen LogP) is 1.52. The molecule has 1 heterocycles. The third-order valence-electron chi connectivity index (χ3n) is 4.00. The molecule has 2 unspecified atom stereocenters. The van der Waals surface area contributed by atoms with Crippen molar-refractivity contribution in [3.63, 3.8) is 0 Å². The van der Waals surface area contributed by atoms with Crippen LogP contribution in [0.2, 0.25) is 0 Å². The number of fused-ring (bicyclic) bond motifs is 1. The van der Waals surface area contributed by atoms with Gasteiger partial charge in [0, 0.05) is 25.4 Å². The van der Waals surface area contributed by atoms with Gasteiger partial charge in [-0.15, -0.1) is 0 Å². The molecule has 5 nitrogen and oxygen atoms in total. The predicted molar refractivity (Wildman–Crippen MR) is 75.9 cm³/mol. The minimum atomic E-state index is -0.936. The van der Waals surface area contributed by atoms with E-state index in [0.717, 1.165) is 29.9 Å². The number of benzene rings is 1. The molecular weight excluding hydrogens is 252 g/mol. The average Bonchev–Trinajstić information content (AvgIpc) is 2.95. The number of aryl methyl sites for hydroxylation is 1. The molecule has 2 atom stereocenters. The quantitative estimate of drug-likeness (QED) is 0.884. The smallest absolute Gasteiger partial charge is 0.138 e. The van der Waals surface area contributed by atoms with Crippen LogP contribution in [0.3, 0.4) is 0 Å². The van der Waals surface area contributed by atoms with Gasteiger partial charge in [-0.3, -0.25) is 0 Å². The second-order valence-corrected chi connectivity index (χ2v) is 5.51. The molecule has 0 bridgehead atoms. The molecule has 0 saturated carbocycles. The monoisotopic (exact) mass is 272 g/mol. The van der Waals surface area contributed by atoms with Crippen molar-refractivity contribution in [2.75, 3.05) is 0 Å². The van der Waals surface area contributed by atoms with E-state index >= 15 is 0 Å². The molecule has 3 rings (SSSR count). The van der Waals surface area contributed by atoms with Crippen molar-refractivity contribution in [2.45, 2.75) is 44.4 Å². The molecule has 20 heavy (non-hydrogen) atoms. The summed E-state index contributed by atoms with van der Waals surface area (Å²) >= 11 is 0. The molecule has 5 heteroatoms. The summed E-state index contributed by atoms with van der Waals surface area (Å²) in [4.78, 5) is 4.29. The first kappa shape index (κ1) is 13.3. The van der Waals surface area contributed by atoms with Gasteiger partial charge in [0.25, 0.3) is 0 Å². The molecule has 2 aromatic rings. The molecule has 0 fully saturated rings. The third kappa shape index (κ3) is 2.13. The van der Waals surface area contributed by atoms with Gasteiger partial charge >= 0.3 is 0 Å². The second kappa shape index (κ2) is 5.00. The largest absolute Gasteiger partial charge is 0.385 e. The number of aromatic nitrogens is 3. The standard InChI is InChI=1S/C15H20N4O/c1-2-7-19-14(17-10-18-19)9-15(20)8-13(16)11-5-3-4-6-12(11)15/h3-6,10,13,20H,2,7-9,16H2,1H3. The molecule has 0 spiro atoms. The number of nitrogens with two attached hydrogens (primary N) is 1. The van der Waals surface area contributed by atoms with Crippen LogP contribution >= 0.6 is 0 Å². The zero-order chi connectivity index (χ0) is 14.2. The van der Waals surface area contributed by atoms with Gasteiger partial charge in [0.2, 0.25) is 0 Å². The first-order chi connectivity index (χ1) is 9.64. The zero-order valence-electron chi connectivity index (χ0n) is 11.7. The number of hydrogen-bond acceptors (Lipinski definition) is 4. The fraction of sp³-hybridized carbons (Fsp3) is 0.467. The van der Waals surface area contributed by atoms with E-state index < -0.39 is 5.60 Å². The number of hydrogen-bond donors (Lipinski definition) is 2. The van der Waals surface area contributed by atoms with Gasteiger partial charge in [0.1, 0.15) is 12.2 Å². The van der Waals surface area contributed by atoms with Crippen molar-refractivity contribution in [1.29, 1.82) is 0 Å². The molecule has 106 valence electrons. The van der Waals surface area contributed by atoms with E-state index in [4.69, 9.17) is 5.73 Å². The van der Waals surface area contributed by atoms with Crippen LogP contribution < -0.4 is 5.73 Å².